The van der Waals surface area contributed by atoms with Crippen LogP contribution in [-0.2, 0) is 0 Å². The Hall–Kier alpha value is -2.08. The fourth-order valence-corrected chi connectivity index (χ4v) is 1.59. The number of methoxy groups -OCH3 is 1. The molecule has 2 rings (SSSR count). The van der Waals surface area contributed by atoms with Crippen LogP contribution in [0.2, 0.25) is 5.02 Å². The van der Waals surface area contributed by atoms with Crippen LogP contribution in [0.1, 0.15) is 0 Å². The van der Waals surface area contributed by atoms with Crippen LogP contribution in [0.5, 0.6) is 5.88 Å². The Bertz CT molecular complexity index is 559. The van der Waals surface area contributed by atoms with Crippen molar-refractivity contribution < 1.29 is 9.13 Å². The summed E-state index contributed by atoms with van der Waals surface area (Å²) in [6.07, 6.45) is 1.26. The lowest BCUT2D eigenvalue weighted by Crippen LogP contribution is -2.04. The number of anilines is 3. The normalized spacial score (nSPS) is 10.2. The molecule has 0 radical (unpaired) electrons. The van der Waals surface area contributed by atoms with Crippen molar-refractivity contribution in [2.45, 2.75) is 0 Å². The first kappa shape index (κ1) is 12.4. The molecule has 0 amide bonds. The molecule has 0 unspecified atom stereocenters. The first-order valence-electron chi connectivity index (χ1n) is 4.99. The summed E-state index contributed by atoms with van der Waals surface area (Å²) in [6.45, 7) is 0. The monoisotopic (exact) mass is 268 g/mol. The average molecular weight is 269 g/mol. The highest BCUT2D eigenvalue weighted by Gasteiger charge is 2.12. The van der Waals surface area contributed by atoms with Gasteiger partial charge in [-0.3, -0.25) is 0 Å². The van der Waals surface area contributed by atoms with Crippen molar-refractivity contribution in [1.29, 1.82) is 0 Å². The molecule has 0 aliphatic carbocycles. The van der Waals surface area contributed by atoms with Crippen molar-refractivity contribution in [3.63, 3.8) is 0 Å². The average Bonchev–Trinajstić information content (AvgIpc) is 2.36. The second kappa shape index (κ2) is 5.05. The van der Waals surface area contributed by atoms with Crippen LogP contribution in [0.25, 0.3) is 0 Å². The predicted molar refractivity (Wildman–Crippen MR) is 67.7 cm³/mol. The summed E-state index contributed by atoms with van der Waals surface area (Å²) >= 11 is 5.89. The fraction of sp³-hybridized carbons (Fsp3) is 0.0909. The minimum atomic E-state index is -0.500. The third kappa shape index (κ3) is 2.28. The Labute approximate surface area is 108 Å². The van der Waals surface area contributed by atoms with E-state index < -0.39 is 5.82 Å². The van der Waals surface area contributed by atoms with E-state index in [4.69, 9.17) is 22.1 Å². The highest BCUT2D eigenvalue weighted by molar-refractivity contribution is 6.33. The topological polar surface area (TPSA) is 73.1 Å². The maximum absolute atomic E-state index is 13.6. The molecule has 5 nitrogen and oxygen atoms in total. The number of nitrogens with zero attached hydrogens (tertiary/aromatic N) is 2. The Kier molecular flexibility index (Phi) is 3.47. The number of aromatic nitrogens is 2. The van der Waals surface area contributed by atoms with Gasteiger partial charge in [0.25, 0.3) is 0 Å². The van der Waals surface area contributed by atoms with Crippen LogP contribution in [-0.4, -0.2) is 17.1 Å². The summed E-state index contributed by atoms with van der Waals surface area (Å²) in [4.78, 5) is 7.73. The number of rotatable bonds is 3. The zero-order chi connectivity index (χ0) is 13.1. The van der Waals surface area contributed by atoms with Gasteiger partial charge in [0.05, 0.1) is 17.8 Å². The molecule has 0 saturated carbocycles. The lowest BCUT2D eigenvalue weighted by Gasteiger charge is -2.11. The molecule has 0 aliphatic rings. The maximum atomic E-state index is 13.6. The molecule has 1 heterocycles. The summed E-state index contributed by atoms with van der Waals surface area (Å²) in [5.41, 5.74) is 6.05. The number of nitrogen functional groups attached to an aromatic ring is 1. The zero-order valence-corrected chi connectivity index (χ0v) is 10.2. The minimum Gasteiger partial charge on any atom is -0.479 e. The molecule has 18 heavy (non-hydrogen) atoms. The number of ether oxygens (including phenoxy) is 1. The summed E-state index contributed by atoms with van der Waals surface area (Å²) in [5, 5.41) is 2.95. The third-order valence-corrected chi connectivity index (χ3v) is 2.56. The SMILES string of the molecule is COc1ncnc(Nc2c(F)cccc2Cl)c1N. The lowest BCUT2D eigenvalue weighted by atomic mass is 10.3. The number of benzene rings is 1. The standard InChI is InChI=1S/C11H10ClFN4O/c1-18-11-8(14)10(15-5-16-11)17-9-6(12)3-2-4-7(9)13/h2-5H,14H2,1H3,(H,15,16,17). The molecule has 0 atom stereocenters. The molecule has 0 saturated heterocycles. The molecule has 0 bridgehead atoms. The Morgan fingerprint density at radius 2 is 2.17 bits per heavy atom. The summed E-state index contributed by atoms with van der Waals surface area (Å²) in [7, 11) is 1.43. The Balaban J connectivity index is 2.40. The highest BCUT2D eigenvalue weighted by Crippen LogP contribution is 2.31. The Morgan fingerprint density at radius 3 is 2.83 bits per heavy atom. The summed E-state index contributed by atoms with van der Waals surface area (Å²) in [5.74, 6) is -0.0618. The number of nitrogens with two attached hydrogens (primary N) is 1. The second-order valence-electron chi connectivity index (χ2n) is 3.37. The minimum absolute atomic E-state index is 0.103. The molecule has 7 heteroatoms. The van der Waals surface area contributed by atoms with Gasteiger partial charge in [0, 0.05) is 0 Å². The van der Waals surface area contributed by atoms with Gasteiger partial charge in [-0.15, -0.1) is 0 Å². The van der Waals surface area contributed by atoms with Crippen molar-refractivity contribution in [1.82, 2.24) is 9.97 Å². The third-order valence-electron chi connectivity index (χ3n) is 2.25. The van der Waals surface area contributed by atoms with E-state index in [9.17, 15) is 4.39 Å². The summed E-state index contributed by atoms with van der Waals surface area (Å²) < 4.78 is 18.5. The van der Waals surface area contributed by atoms with Gasteiger partial charge in [-0.25, -0.2) is 9.37 Å². The highest BCUT2D eigenvalue weighted by atomic mass is 35.5. The van der Waals surface area contributed by atoms with Gasteiger partial charge in [0.1, 0.15) is 17.8 Å². The molecule has 94 valence electrons. The van der Waals surface area contributed by atoms with Crippen LogP contribution in [0.15, 0.2) is 24.5 Å². The van der Waals surface area contributed by atoms with Gasteiger partial charge >= 0.3 is 0 Å². The number of para-hydroxylation sites is 1. The van der Waals surface area contributed by atoms with E-state index in [1.54, 1.807) is 6.07 Å². The van der Waals surface area contributed by atoms with E-state index in [0.29, 0.717) is 0 Å². The van der Waals surface area contributed by atoms with E-state index in [-0.39, 0.29) is 28.1 Å². The number of hydrogen-bond donors (Lipinski definition) is 2. The molecule has 0 aliphatic heterocycles. The van der Waals surface area contributed by atoms with Gasteiger partial charge in [-0.1, -0.05) is 17.7 Å². The van der Waals surface area contributed by atoms with E-state index in [2.05, 4.69) is 15.3 Å². The molecule has 2 aromatic rings. The first-order chi connectivity index (χ1) is 8.63. The Morgan fingerprint density at radius 1 is 1.39 bits per heavy atom. The fourth-order valence-electron chi connectivity index (χ4n) is 1.38. The molecular formula is C11H10ClFN4O. The van der Waals surface area contributed by atoms with Crippen molar-refractivity contribution >= 4 is 28.8 Å². The van der Waals surface area contributed by atoms with Crippen molar-refractivity contribution in [2.24, 2.45) is 0 Å². The van der Waals surface area contributed by atoms with E-state index in [1.165, 1.54) is 25.6 Å². The van der Waals surface area contributed by atoms with Crippen molar-refractivity contribution in [3.05, 3.63) is 35.4 Å². The molecule has 3 N–H and O–H groups in total. The van der Waals surface area contributed by atoms with E-state index in [0.717, 1.165) is 0 Å². The molecular weight excluding hydrogens is 259 g/mol. The summed E-state index contributed by atoms with van der Waals surface area (Å²) in [6, 6.07) is 4.34. The van der Waals surface area contributed by atoms with Gasteiger partial charge in [-0.05, 0) is 12.1 Å². The van der Waals surface area contributed by atoms with Gasteiger partial charge in [0.2, 0.25) is 5.88 Å². The maximum Gasteiger partial charge on any atom is 0.242 e. The zero-order valence-electron chi connectivity index (χ0n) is 9.45. The molecule has 1 aromatic carbocycles. The van der Waals surface area contributed by atoms with Crippen molar-refractivity contribution in [2.75, 3.05) is 18.2 Å². The molecule has 0 spiro atoms. The number of hydrogen-bond acceptors (Lipinski definition) is 5. The number of halogens is 2. The van der Waals surface area contributed by atoms with Crippen LogP contribution in [0, 0.1) is 5.82 Å². The molecule has 1 aromatic heterocycles. The van der Waals surface area contributed by atoms with Gasteiger partial charge in [-0.2, -0.15) is 4.98 Å². The van der Waals surface area contributed by atoms with Crippen LogP contribution < -0.4 is 15.8 Å². The van der Waals surface area contributed by atoms with Crippen LogP contribution in [0.4, 0.5) is 21.6 Å². The number of nitrogens with one attached hydrogen (secondary N) is 1. The first-order valence-corrected chi connectivity index (χ1v) is 5.36. The van der Waals surface area contributed by atoms with E-state index >= 15 is 0 Å². The second-order valence-corrected chi connectivity index (χ2v) is 3.77. The largest absolute Gasteiger partial charge is 0.479 e. The van der Waals surface area contributed by atoms with Crippen molar-refractivity contribution in [3.8, 4) is 5.88 Å². The smallest absolute Gasteiger partial charge is 0.242 e. The van der Waals surface area contributed by atoms with Crippen LogP contribution >= 0.6 is 11.6 Å². The predicted octanol–water partition coefficient (Wildman–Crippen LogP) is 2.60. The quantitative estimate of drug-likeness (QED) is 0.895. The lowest BCUT2D eigenvalue weighted by molar-refractivity contribution is 0.399. The molecule has 0 fully saturated rings. The van der Waals surface area contributed by atoms with Crippen LogP contribution in [0.3, 0.4) is 0 Å². The van der Waals surface area contributed by atoms with Gasteiger partial charge < -0.3 is 15.8 Å². The van der Waals surface area contributed by atoms with Gasteiger partial charge in [0.15, 0.2) is 5.82 Å². The van der Waals surface area contributed by atoms with E-state index in [1.807, 2.05) is 0 Å².